The molecule has 1 N–H and O–H groups in total. The summed E-state index contributed by atoms with van der Waals surface area (Å²) in [6.45, 7) is 6.45. The summed E-state index contributed by atoms with van der Waals surface area (Å²) in [5, 5.41) is 8.02. The molecule has 0 radical (unpaired) electrons. The van der Waals surface area contributed by atoms with Crippen LogP contribution in [0.3, 0.4) is 0 Å². The van der Waals surface area contributed by atoms with E-state index in [0.29, 0.717) is 0 Å². The smallest absolute Gasteiger partial charge is 0.0596 e. The first-order chi connectivity index (χ1) is 11.5. The Morgan fingerprint density at radius 1 is 1.00 bits per heavy atom. The summed E-state index contributed by atoms with van der Waals surface area (Å²) >= 11 is 0. The van der Waals surface area contributed by atoms with Crippen LogP contribution in [0.4, 0.5) is 0 Å². The average molecular weight is 320 g/mol. The average Bonchev–Trinajstić information content (AvgIpc) is 2.99. The predicted molar refractivity (Wildman–Crippen MR) is 96.8 cm³/mol. The molecule has 2 heterocycles. The van der Waals surface area contributed by atoms with Crippen molar-refractivity contribution < 1.29 is 0 Å². The summed E-state index contributed by atoms with van der Waals surface area (Å²) in [5.74, 6) is 0. The van der Waals surface area contributed by atoms with Gasteiger partial charge >= 0.3 is 0 Å². The molecule has 4 heteroatoms. The van der Waals surface area contributed by atoms with Crippen LogP contribution in [0.15, 0.2) is 55.1 Å². The molecule has 4 nitrogen and oxygen atoms in total. The minimum absolute atomic E-state index is 0.0903. The summed E-state index contributed by atoms with van der Waals surface area (Å²) in [6.07, 6.45) is 7.72. The Balaban J connectivity index is 1.96. The Labute approximate surface area is 143 Å². The SMILES string of the molecule is Cc1cc(C)cc([C@H](N[C@@H](C)c2cnn(C)c2)c2cccnc2)c1. The number of hydrogen-bond donors (Lipinski definition) is 1. The highest BCUT2D eigenvalue weighted by Gasteiger charge is 2.19. The first-order valence-corrected chi connectivity index (χ1v) is 8.25. The molecule has 0 aliphatic rings. The van der Waals surface area contributed by atoms with Gasteiger partial charge in [0, 0.05) is 37.2 Å². The number of benzene rings is 1. The zero-order valence-corrected chi connectivity index (χ0v) is 14.7. The van der Waals surface area contributed by atoms with Gasteiger partial charge in [0.15, 0.2) is 0 Å². The summed E-state index contributed by atoms with van der Waals surface area (Å²) in [7, 11) is 1.94. The predicted octanol–water partition coefficient (Wildman–Crippen LogP) is 3.87. The van der Waals surface area contributed by atoms with Crippen LogP contribution in [-0.4, -0.2) is 14.8 Å². The van der Waals surface area contributed by atoms with E-state index in [9.17, 15) is 0 Å². The molecule has 0 spiro atoms. The zero-order chi connectivity index (χ0) is 17.1. The Morgan fingerprint density at radius 2 is 1.75 bits per heavy atom. The van der Waals surface area contributed by atoms with Gasteiger partial charge in [0.25, 0.3) is 0 Å². The van der Waals surface area contributed by atoms with Crippen LogP contribution in [0, 0.1) is 13.8 Å². The molecule has 0 fully saturated rings. The number of aromatic nitrogens is 3. The van der Waals surface area contributed by atoms with Crippen molar-refractivity contribution in [1.82, 2.24) is 20.1 Å². The van der Waals surface area contributed by atoms with Gasteiger partial charge in [-0.25, -0.2) is 0 Å². The van der Waals surface area contributed by atoms with E-state index < -0.39 is 0 Å². The second-order valence-corrected chi connectivity index (χ2v) is 6.48. The number of nitrogens with one attached hydrogen (secondary N) is 1. The molecule has 0 unspecified atom stereocenters. The fraction of sp³-hybridized carbons (Fsp3) is 0.300. The lowest BCUT2D eigenvalue weighted by Crippen LogP contribution is -2.25. The van der Waals surface area contributed by atoms with E-state index in [1.165, 1.54) is 27.8 Å². The maximum atomic E-state index is 4.30. The van der Waals surface area contributed by atoms with Gasteiger partial charge in [0.2, 0.25) is 0 Å². The van der Waals surface area contributed by atoms with Crippen LogP contribution in [0.1, 0.15) is 46.8 Å². The van der Waals surface area contributed by atoms with E-state index in [2.05, 4.69) is 66.6 Å². The van der Waals surface area contributed by atoms with Crippen molar-refractivity contribution in [2.45, 2.75) is 32.9 Å². The third-order valence-corrected chi connectivity index (χ3v) is 4.24. The summed E-state index contributed by atoms with van der Waals surface area (Å²) in [6, 6.07) is 11.1. The molecular formula is C20H24N4. The molecule has 124 valence electrons. The fourth-order valence-electron chi connectivity index (χ4n) is 3.12. The van der Waals surface area contributed by atoms with E-state index in [1.807, 2.05) is 36.4 Å². The van der Waals surface area contributed by atoms with Crippen molar-refractivity contribution in [1.29, 1.82) is 0 Å². The van der Waals surface area contributed by atoms with Crippen molar-refractivity contribution in [3.05, 3.63) is 82.9 Å². The van der Waals surface area contributed by atoms with Crippen molar-refractivity contribution >= 4 is 0 Å². The molecule has 2 atom stereocenters. The molecule has 0 amide bonds. The van der Waals surface area contributed by atoms with Gasteiger partial charge in [0.1, 0.15) is 0 Å². The maximum Gasteiger partial charge on any atom is 0.0596 e. The monoisotopic (exact) mass is 320 g/mol. The summed E-state index contributed by atoms with van der Waals surface area (Å²) in [5.41, 5.74) is 6.15. The first kappa shape index (κ1) is 16.4. The van der Waals surface area contributed by atoms with Crippen molar-refractivity contribution in [3.63, 3.8) is 0 Å². The van der Waals surface area contributed by atoms with Crippen molar-refractivity contribution in [3.8, 4) is 0 Å². The number of pyridine rings is 1. The molecule has 24 heavy (non-hydrogen) atoms. The van der Waals surface area contributed by atoms with Gasteiger partial charge in [-0.3, -0.25) is 15.0 Å². The van der Waals surface area contributed by atoms with E-state index in [4.69, 9.17) is 0 Å². The van der Waals surface area contributed by atoms with Crippen LogP contribution < -0.4 is 5.32 Å². The number of rotatable bonds is 5. The topological polar surface area (TPSA) is 42.7 Å². The van der Waals surface area contributed by atoms with E-state index in [0.717, 1.165) is 0 Å². The molecule has 1 aromatic carbocycles. The standard InChI is InChI=1S/C20H24N4/c1-14-8-15(2)10-18(9-14)20(17-6-5-7-21-11-17)23-16(3)19-12-22-24(4)13-19/h5-13,16,20,23H,1-4H3/t16-,20+/m0/s1. The van der Waals surface area contributed by atoms with Crippen LogP contribution in [0.2, 0.25) is 0 Å². The van der Waals surface area contributed by atoms with Crippen LogP contribution in [0.5, 0.6) is 0 Å². The maximum absolute atomic E-state index is 4.30. The molecule has 3 aromatic rings. The Hall–Kier alpha value is -2.46. The zero-order valence-electron chi connectivity index (χ0n) is 14.7. The quantitative estimate of drug-likeness (QED) is 0.776. The van der Waals surface area contributed by atoms with E-state index >= 15 is 0 Å². The van der Waals surface area contributed by atoms with Gasteiger partial charge in [-0.1, -0.05) is 35.4 Å². The molecule has 0 aliphatic carbocycles. The van der Waals surface area contributed by atoms with E-state index in [-0.39, 0.29) is 12.1 Å². The highest BCUT2D eigenvalue weighted by molar-refractivity contribution is 5.36. The molecular weight excluding hydrogens is 296 g/mol. The Bertz CT molecular complexity index is 787. The molecule has 3 rings (SSSR count). The van der Waals surface area contributed by atoms with Gasteiger partial charge in [0.05, 0.1) is 12.2 Å². The third-order valence-electron chi connectivity index (χ3n) is 4.24. The second-order valence-electron chi connectivity index (χ2n) is 6.48. The van der Waals surface area contributed by atoms with Crippen molar-refractivity contribution in [2.75, 3.05) is 0 Å². The second kappa shape index (κ2) is 6.97. The van der Waals surface area contributed by atoms with Crippen LogP contribution in [0.25, 0.3) is 0 Å². The summed E-state index contributed by atoms with van der Waals surface area (Å²) in [4.78, 5) is 4.30. The Kier molecular flexibility index (Phi) is 4.76. The Morgan fingerprint density at radius 3 is 2.33 bits per heavy atom. The fourth-order valence-corrected chi connectivity index (χ4v) is 3.12. The normalized spacial score (nSPS) is 13.7. The van der Waals surface area contributed by atoms with Gasteiger partial charge in [-0.15, -0.1) is 0 Å². The molecule has 0 saturated heterocycles. The third kappa shape index (κ3) is 3.71. The van der Waals surface area contributed by atoms with Gasteiger partial charge < -0.3 is 0 Å². The lowest BCUT2D eigenvalue weighted by Gasteiger charge is -2.24. The molecule has 0 aliphatic heterocycles. The van der Waals surface area contributed by atoms with Crippen molar-refractivity contribution in [2.24, 2.45) is 7.05 Å². The molecule has 0 saturated carbocycles. The lowest BCUT2D eigenvalue weighted by molar-refractivity contribution is 0.515. The highest BCUT2D eigenvalue weighted by Crippen LogP contribution is 2.27. The lowest BCUT2D eigenvalue weighted by atomic mass is 9.95. The highest BCUT2D eigenvalue weighted by atomic mass is 15.2. The first-order valence-electron chi connectivity index (χ1n) is 8.25. The number of nitrogens with zero attached hydrogens (tertiary/aromatic N) is 3. The van der Waals surface area contributed by atoms with Gasteiger partial charge in [-0.2, -0.15) is 5.10 Å². The largest absolute Gasteiger partial charge is 0.299 e. The van der Waals surface area contributed by atoms with Gasteiger partial charge in [-0.05, 0) is 38.0 Å². The van der Waals surface area contributed by atoms with Crippen LogP contribution in [-0.2, 0) is 7.05 Å². The number of hydrogen-bond acceptors (Lipinski definition) is 3. The minimum Gasteiger partial charge on any atom is -0.299 e. The van der Waals surface area contributed by atoms with E-state index in [1.54, 1.807) is 0 Å². The molecule has 0 bridgehead atoms. The number of aryl methyl sites for hydroxylation is 3. The van der Waals surface area contributed by atoms with Crippen LogP contribution >= 0.6 is 0 Å². The molecule has 2 aromatic heterocycles. The summed E-state index contributed by atoms with van der Waals surface area (Å²) < 4.78 is 1.84. The minimum atomic E-state index is 0.0903.